The Morgan fingerprint density at radius 2 is 1.94 bits per heavy atom. The fraction of sp³-hybridized carbons (Fsp3) is 0.500. The molecule has 0 aromatic heterocycles. The van der Waals surface area contributed by atoms with Crippen molar-refractivity contribution in [2.75, 3.05) is 11.9 Å². The highest BCUT2D eigenvalue weighted by Gasteiger charge is 2.16. The molecule has 0 saturated heterocycles. The molecule has 5 heteroatoms. The number of nitro benzene ring substituents is 1. The standard InChI is InChI=1S/C12H18N2O3/c1-4-10(7-15)13-11-5-8(2)12(14(16)17)9(3)6-11/h5-6,10,13,15H,4,7H2,1-3H3/t10-/m0/s1. The average Bonchev–Trinajstić information content (AvgIpc) is 2.24. The molecule has 0 bridgehead atoms. The monoisotopic (exact) mass is 238 g/mol. The molecule has 94 valence electrons. The Labute approximate surface area is 101 Å². The van der Waals surface area contributed by atoms with E-state index in [0.717, 1.165) is 12.1 Å². The van der Waals surface area contributed by atoms with Gasteiger partial charge in [-0.3, -0.25) is 10.1 Å². The lowest BCUT2D eigenvalue weighted by Crippen LogP contribution is -2.22. The normalized spacial score (nSPS) is 12.2. The summed E-state index contributed by atoms with van der Waals surface area (Å²) in [7, 11) is 0. The summed E-state index contributed by atoms with van der Waals surface area (Å²) in [5, 5.41) is 23.1. The Hall–Kier alpha value is -1.62. The number of nitrogens with zero attached hydrogens (tertiary/aromatic N) is 1. The molecule has 0 spiro atoms. The zero-order valence-electron chi connectivity index (χ0n) is 10.4. The van der Waals surface area contributed by atoms with Crippen molar-refractivity contribution < 1.29 is 10.0 Å². The Bertz CT molecular complexity index is 391. The molecular weight excluding hydrogens is 220 g/mol. The van der Waals surface area contributed by atoms with Crippen LogP contribution >= 0.6 is 0 Å². The lowest BCUT2D eigenvalue weighted by molar-refractivity contribution is -0.386. The Balaban J connectivity index is 3.02. The van der Waals surface area contributed by atoms with Crippen molar-refractivity contribution in [2.45, 2.75) is 33.2 Å². The van der Waals surface area contributed by atoms with Gasteiger partial charge in [0.2, 0.25) is 0 Å². The number of aliphatic hydroxyl groups is 1. The van der Waals surface area contributed by atoms with Gasteiger partial charge in [0.05, 0.1) is 11.5 Å². The first-order valence-corrected chi connectivity index (χ1v) is 5.62. The molecule has 0 saturated carbocycles. The number of nitro groups is 1. The van der Waals surface area contributed by atoms with Gasteiger partial charge in [0.15, 0.2) is 0 Å². The Kier molecular flexibility index (Phi) is 4.45. The second kappa shape index (κ2) is 5.63. The average molecular weight is 238 g/mol. The topological polar surface area (TPSA) is 75.4 Å². The molecule has 1 aromatic carbocycles. The molecule has 17 heavy (non-hydrogen) atoms. The summed E-state index contributed by atoms with van der Waals surface area (Å²) < 4.78 is 0. The van der Waals surface area contributed by atoms with Gasteiger partial charge in [0.25, 0.3) is 5.69 Å². The van der Waals surface area contributed by atoms with E-state index < -0.39 is 0 Å². The van der Waals surface area contributed by atoms with Gasteiger partial charge in [0.1, 0.15) is 0 Å². The largest absolute Gasteiger partial charge is 0.394 e. The van der Waals surface area contributed by atoms with E-state index in [4.69, 9.17) is 5.11 Å². The van der Waals surface area contributed by atoms with E-state index >= 15 is 0 Å². The molecular formula is C12H18N2O3. The maximum absolute atomic E-state index is 10.8. The van der Waals surface area contributed by atoms with Gasteiger partial charge in [-0.2, -0.15) is 0 Å². The Morgan fingerprint density at radius 1 is 1.41 bits per heavy atom. The maximum atomic E-state index is 10.8. The van der Waals surface area contributed by atoms with Crippen LogP contribution in [0.2, 0.25) is 0 Å². The van der Waals surface area contributed by atoms with Crippen molar-refractivity contribution in [1.29, 1.82) is 0 Å². The van der Waals surface area contributed by atoms with E-state index in [-0.39, 0.29) is 23.3 Å². The van der Waals surface area contributed by atoms with Gasteiger partial charge in [-0.05, 0) is 32.4 Å². The molecule has 0 radical (unpaired) electrons. The van der Waals surface area contributed by atoms with Crippen molar-refractivity contribution in [2.24, 2.45) is 0 Å². The number of nitrogens with one attached hydrogen (secondary N) is 1. The first kappa shape index (κ1) is 13.4. The molecule has 5 nitrogen and oxygen atoms in total. The predicted octanol–water partition coefficient (Wildman–Crippen LogP) is 2.39. The SMILES string of the molecule is CC[C@@H](CO)Nc1cc(C)c([N+](=O)[O-])c(C)c1. The van der Waals surface area contributed by atoms with Gasteiger partial charge >= 0.3 is 0 Å². The number of benzene rings is 1. The zero-order chi connectivity index (χ0) is 13.0. The summed E-state index contributed by atoms with van der Waals surface area (Å²) in [6.45, 7) is 5.46. The minimum Gasteiger partial charge on any atom is -0.394 e. The third-order valence-corrected chi connectivity index (χ3v) is 2.76. The van der Waals surface area contributed by atoms with Crippen molar-refractivity contribution in [3.63, 3.8) is 0 Å². The molecule has 0 aliphatic carbocycles. The van der Waals surface area contributed by atoms with Gasteiger partial charge in [-0.1, -0.05) is 6.92 Å². The second-order valence-corrected chi connectivity index (χ2v) is 4.15. The fourth-order valence-electron chi connectivity index (χ4n) is 1.84. The highest BCUT2D eigenvalue weighted by molar-refractivity contribution is 5.58. The molecule has 1 atom stereocenters. The van der Waals surface area contributed by atoms with Crippen molar-refractivity contribution in [3.05, 3.63) is 33.4 Å². The highest BCUT2D eigenvalue weighted by Crippen LogP contribution is 2.27. The van der Waals surface area contributed by atoms with Gasteiger partial charge in [0, 0.05) is 22.9 Å². The summed E-state index contributed by atoms with van der Waals surface area (Å²) in [4.78, 5) is 10.5. The van der Waals surface area contributed by atoms with E-state index in [1.807, 2.05) is 6.92 Å². The summed E-state index contributed by atoms with van der Waals surface area (Å²) in [6.07, 6.45) is 0.797. The minimum absolute atomic E-state index is 0.0183. The van der Waals surface area contributed by atoms with Crippen LogP contribution in [0.3, 0.4) is 0 Å². The smallest absolute Gasteiger partial charge is 0.275 e. The van der Waals surface area contributed by atoms with Crippen LogP contribution in [-0.2, 0) is 0 Å². The van der Waals surface area contributed by atoms with Crippen LogP contribution in [0.4, 0.5) is 11.4 Å². The van der Waals surface area contributed by atoms with Crippen molar-refractivity contribution >= 4 is 11.4 Å². The Morgan fingerprint density at radius 3 is 2.29 bits per heavy atom. The van der Waals surface area contributed by atoms with Crippen LogP contribution in [-0.4, -0.2) is 22.7 Å². The van der Waals surface area contributed by atoms with Crippen molar-refractivity contribution in [3.8, 4) is 0 Å². The first-order valence-electron chi connectivity index (χ1n) is 5.62. The van der Waals surface area contributed by atoms with Crippen molar-refractivity contribution in [1.82, 2.24) is 0 Å². The number of aryl methyl sites for hydroxylation is 2. The van der Waals surface area contributed by atoms with Crippen LogP contribution in [0.1, 0.15) is 24.5 Å². The molecule has 0 aliphatic heterocycles. The summed E-state index contributed by atoms with van der Waals surface area (Å²) in [6, 6.07) is 3.46. The van der Waals surface area contributed by atoms with Gasteiger partial charge < -0.3 is 10.4 Å². The molecule has 1 aromatic rings. The van der Waals surface area contributed by atoms with Crippen LogP contribution < -0.4 is 5.32 Å². The quantitative estimate of drug-likeness (QED) is 0.610. The molecule has 1 rings (SSSR count). The fourth-order valence-corrected chi connectivity index (χ4v) is 1.84. The lowest BCUT2D eigenvalue weighted by Gasteiger charge is -2.16. The zero-order valence-corrected chi connectivity index (χ0v) is 10.4. The van der Waals surface area contributed by atoms with Gasteiger partial charge in [-0.25, -0.2) is 0 Å². The van der Waals surface area contributed by atoms with E-state index in [1.54, 1.807) is 26.0 Å². The van der Waals surface area contributed by atoms with Gasteiger partial charge in [-0.15, -0.1) is 0 Å². The van der Waals surface area contributed by atoms with E-state index in [9.17, 15) is 10.1 Å². The molecule has 0 unspecified atom stereocenters. The summed E-state index contributed by atoms with van der Waals surface area (Å²) in [5.74, 6) is 0. The number of anilines is 1. The third-order valence-electron chi connectivity index (χ3n) is 2.76. The van der Waals surface area contributed by atoms with E-state index in [2.05, 4.69) is 5.32 Å². The van der Waals surface area contributed by atoms with Crippen LogP contribution in [0.15, 0.2) is 12.1 Å². The predicted molar refractivity (Wildman–Crippen MR) is 67.4 cm³/mol. The molecule has 0 amide bonds. The van der Waals surface area contributed by atoms with E-state index in [1.165, 1.54) is 0 Å². The highest BCUT2D eigenvalue weighted by atomic mass is 16.6. The number of hydrogen-bond donors (Lipinski definition) is 2. The van der Waals surface area contributed by atoms with Crippen LogP contribution in [0.5, 0.6) is 0 Å². The maximum Gasteiger partial charge on any atom is 0.275 e. The minimum atomic E-state index is -0.363. The number of aliphatic hydroxyl groups excluding tert-OH is 1. The summed E-state index contributed by atoms with van der Waals surface area (Å²) in [5.41, 5.74) is 2.23. The van der Waals surface area contributed by atoms with E-state index in [0.29, 0.717) is 11.1 Å². The van der Waals surface area contributed by atoms with Crippen LogP contribution in [0.25, 0.3) is 0 Å². The summed E-state index contributed by atoms with van der Waals surface area (Å²) >= 11 is 0. The molecule has 0 fully saturated rings. The molecule has 0 heterocycles. The second-order valence-electron chi connectivity index (χ2n) is 4.15. The molecule has 0 aliphatic rings. The first-order chi connectivity index (χ1) is 7.99. The van der Waals surface area contributed by atoms with Crippen LogP contribution in [0, 0.1) is 24.0 Å². The number of rotatable bonds is 5. The lowest BCUT2D eigenvalue weighted by atomic mass is 10.1. The molecule has 2 N–H and O–H groups in total. The number of hydrogen-bond acceptors (Lipinski definition) is 4. The third kappa shape index (κ3) is 3.17.